The second-order valence-corrected chi connectivity index (χ2v) is 14.8. The molecule has 1 fully saturated rings. The SMILES string of the molecule is CCCCC/C=C/C/C=C/C/C=C/C/C=C/CCCC(=O)OC[C@@H](CO[C@H]1O[C@@H](CO)[C@@H](O)C(O)C1O)OC(=O)CCCCCCCCCCCCCCC. The Labute approximate surface area is 333 Å². The average Bonchev–Trinajstić information content (AvgIpc) is 3.18. The van der Waals surface area contributed by atoms with Crippen LogP contribution in [-0.2, 0) is 28.5 Å². The van der Waals surface area contributed by atoms with Gasteiger partial charge in [-0.15, -0.1) is 0 Å². The zero-order valence-electron chi connectivity index (χ0n) is 34.4. The molecule has 55 heavy (non-hydrogen) atoms. The molecule has 10 heteroatoms. The van der Waals surface area contributed by atoms with Crippen LogP contribution in [0.25, 0.3) is 0 Å². The van der Waals surface area contributed by atoms with Crippen molar-refractivity contribution in [1.29, 1.82) is 0 Å². The Kier molecular flexibility index (Phi) is 33.2. The Morgan fingerprint density at radius 1 is 0.564 bits per heavy atom. The lowest BCUT2D eigenvalue weighted by Gasteiger charge is -2.39. The lowest BCUT2D eigenvalue weighted by atomic mass is 9.99. The lowest BCUT2D eigenvalue weighted by Crippen LogP contribution is -2.59. The first kappa shape index (κ1) is 50.7. The van der Waals surface area contributed by atoms with E-state index in [4.69, 9.17) is 18.9 Å². The second kappa shape index (κ2) is 36.0. The van der Waals surface area contributed by atoms with Gasteiger partial charge in [0.15, 0.2) is 12.4 Å². The molecule has 1 aliphatic rings. The molecule has 0 aromatic carbocycles. The number of ether oxygens (including phenoxy) is 4. The van der Waals surface area contributed by atoms with Gasteiger partial charge in [-0.1, -0.05) is 152 Å². The molecule has 0 amide bonds. The van der Waals surface area contributed by atoms with Crippen molar-refractivity contribution in [2.45, 2.75) is 205 Å². The van der Waals surface area contributed by atoms with E-state index in [0.717, 1.165) is 44.9 Å². The summed E-state index contributed by atoms with van der Waals surface area (Å²) >= 11 is 0. The fourth-order valence-electron chi connectivity index (χ4n) is 6.24. The van der Waals surface area contributed by atoms with Gasteiger partial charge in [0.1, 0.15) is 31.0 Å². The lowest BCUT2D eigenvalue weighted by molar-refractivity contribution is -0.305. The molecule has 0 aromatic heterocycles. The van der Waals surface area contributed by atoms with Gasteiger partial charge in [0, 0.05) is 12.8 Å². The van der Waals surface area contributed by atoms with E-state index in [-0.39, 0.29) is 26.1 Å². The molecule has 1 aliphatic heterocycles. The number of allylic oxidation sites excluding steroid dienone is 8. The number of unbranched alkanes of at least 4 members (excludes halogenated alkanes) is 16. The monoisotopic (exact) mass is 779 g/mol. The number of aliphatic hydroxyl groups excluding tert-OH is 4. The summed E-state index contributed by atoms with van der Waals surface area (Å²) in [6, 6.07) is 0. The maximum atomic E-state index is 12.7. The number of aliphatic hydroxyl groups is 4. The molecule has 6 atom stereocenters. The molecule has 1 saturated heterocycles. The van der Waals surface area contributed by atoms with Crippen LogP contribution in [0.2, 0.25) is 0 Å². The molecular weight excluding hydrogens is 700 g/mol. The van der Waals surface area contributed by atoms with Crippen molar-refractivity contribution in [3.05, 3.63) is 48.6 Å². The third-order valence-electron chi connectivity index (χ3n) is 9.72. The number of hydrogen-bond donors (Lipinski definition) is 4. The van der Waals surface area contributed by atoms with Gasteiger partial charge in [-0.3, -0.25) is 9.59 Å². The van der Waals surface area contributed by atoms with Crippen LogP contribution in [0, 0.1) is 0 Å². The van der Waals surface area contributed by atoms with E-state index in [1.165, 1.54) is 83.5 Å². The average molecular weight is 779 g/mol. The number of hydrogen-bond acceptors (Lipinski definition) is 10. The van der Waals surface area contributed by atoms with E-state index in [2.05, 4.69) is 56.4 Å². The predicted octanol–water partition coefficient (Wildman–Crippen LogP) is 8.88. The van der Waals surface area contributed by atoms with Crippen LogP contribution < -0.4 is 0 Å². The zero-order valence-corrected chi connectivity index (χ0v) is 34.4. The smallest absolute Gasteiger partial charge is 0.306 e. The molecule has 0 bridgehead atoms. The Morgan fingerprint density at radius 2 is 1.04 bits per heavy atom. The zero-order chi connectivity index (χ0) is 40.2. The van der Waals surface area contributed by atoms with Crippen LogP contribution in [0.4, 0.5) is 0 Å². The van der Waals surface area contributed by atoms with Crippen molar-refractivity contribution < 1.29 is 49.0 Å². The minimum Gasteiger partial charge on any atom is -0.462 e. The van der Waals surface area contributed by atoms with Crippen LogP contribution >= 0.6 is 0 Å². The van der Waals surface area contributed by atoms with E-state index in [0.29, 0.717) is 12.8 Å². The Hall–Kier alpha value is -2.34. The number of carbonyl (C=O) groups is 2. The fourth-order valence-corrected chi connectivity index (χ4v) is 6.24. The van der Waals surface area contributed by atoms with Crippen LogP contribution in [0.15, 0.2) is 48.6 Å². The molecule has 0 aromatic rings. The van der Waals surface area contributed by atoms with E-state index < -0.39 is 55.4 Å². The maximum absolute atomic E-state index is 12.7. The molecule has 2 unspecified atom stereocenters. The van der Waals surface area contributed by atoms with Crippen molar-refractivity contribution in [3.63, 3.8) is 0 Å². The quantitative estimate of drug-likeness (QED) is 0.0279. The minimum atomic E-state index is -1.60. The summed E-state index contributed by atoms with van der Waals surface area (Å²) in [5.41, 5.74) is 0. The predicted molar refractivity (Wildman–Crippen MR) is 219 cm³/mol. The van der Waals surface area contributed by atoms with Crippen LogP contribution in [0.5, 0.6) is 0 Å². The summed E-state index contributed by atoms with van der Waals surface area (Å²) in [5.74, 6) is -0.872. The van der Waals surface area contributed by atoms with Gasteiger partial charge >= 0.3 is 11.9 Å². The third-order valence-corrected chi connectivity index (χ3v) is 9.72. The molecule has 0 radical (unpaired) electrons. The second-order valence-electron chi connectivity index (χ2n) is 14.8. The highest BCUT2D eigenvalue weighted by molar-refractivity contribution is 5.70. The van der Waals surface area contributed by atoms with Crippen molar-refractivity contribution >= 4 is 11.9 Å². The minimum absolute atomic E-state index is 0.200. The van der Waals surface area contributed by atoms with Gasteiger partial charge in [-0.05, 0) is 51.4 Å². The highest BCUT2D eigenvalue weighted by Gasteiger charge is 2.44. The first-order chi connectivity index (χ1) is 26.8. The molecular formula is C45H78O10. The standard InChI is InChI=1S/C45H78O10/c1-3-5-7-9-11-13-15-17-18-19-20-22-23-25-27-29-31-33-40(47)52-36-38(37-53-45-44(51)43(50)42(49)39(35-46)55-45)54-41(48)34-32-30-28-26-24-21-16-14-12-10-8-6-4-2/h11,13,17-18,20,22,25,27,38-39,42-46,49-51H,3-10,12,14-16,19,21,23-24,26,28-37H2,1-2H3/b13-11+,18-17+,22-20+,27-25+/t38-,39-,42+,43?,44?,45-/m0/s1. The van der Waals surface area contributed by atoms with E-state index in [9.17, 15) is 30.0 Å². The summed E-state index contributed by atoms with van der Waals surface area (Å²) < 4.78 is 22.1. The van der Waals surface area contributed by atoms with E-state index in [1.807, 2.05) is 6.08 Å². The molecule has 0 spiro atoms. The summed E-state index contributed by atoms with van der Waals surface area (Å²) in [7, 11) is 0. The molecule has 1 heterocycles. The fraction of sp³-hybridized carbons (Fsp3) is 0.778. The van der Waals surface area contributed by atoms with Crippen LogP contribution in [0.1, 0.15) is 168 Å². The van der Waals surface area contributed by atoms with E-state index >= 15 is 0 Å². The molecule has 318 valence electrons. The Balaban J connectivity index is 2.39. The van der Waals surface area contributed by atoms with Crippen molar-refractivity contribution in [2.24, 2.45) is 0 Å². The van der Waals surface area contributed by atoms with Gasteiger partial charge in [0.05, 0.1) is 13.2 Å². The number of rotatable bonds is 35. The van der Waals surface area contributed by atoms with Gasteiger partial charge in [-0.25, -0.2) is 0 Å². The summed E-state index contributed by atoms with van der Waals surface area (Å²) in [4.78, 5) is 25.2. The van der Waals surface area contributed by atoms with Gasteiger partial charge in [0.2, 0.25) is 0 Å². The first-order valence-electron chi connectivity index (χ1n) is 21.7. The highest BCUT2D eigenvalue weighted by Crippen LogP contribution is 2.22. The van der Waals surface area contributed by atoms with Crippen molar-refractivity contribution in [2.75, 3.05) is 19.8 Å². The van der Waals surface area contributed by atoms with Gasteiger partial charge in [-0.2, -0.15) is 0 Å². The Bertz CT molecular complexity index is 1040. The highest BCUT2D eigenvalue weighted by atomic mass is 16.7. The normalized spacial score (nSPS) is 21.0. The molecule has 4 N–H and O–H groups in total. The summed E-state index contributed by atoms with van der Waals surface area (Å²) in [6.07, 6.45) is 34.1. The largest absolute Gasteiger partial charge is 0.462 e. The third kappa shape index (κ3) is 27.8. The molecule has 1 rings (SSSR count). The van der Waals surface area contributed by atoms with Crippen LogP contribution in [0.3, 0.4) is 0 Å². The first-order valence-corrected chi connectivity index (χ1v) is 21.7. The van der Waals surface area contributed by atoms with Crippen molar-refractivity contribution in [3.8, 4) is 0 Å². The van der Waals surface area contributed by atoms with Crippen LogP contribution in [-0.4, -0.2) is 89.0 Å². The molecule has 0 aliphatic carbocycles. The number of carbonyl (C=O) groups excluding carboxylic acids is 2. The van der Waals surface area contributed by atoms with Gasteiger partial charge < -0.3 is 39.4 Å². The maximum Gasteiger partial charge on any atom is 0.306 e. The van der Waals surface area contributed by atoms with E-state index in [1.54, 1.807) is 0 Å². The molecule has 0 saturated carbocycles. The Morgan fingerprint density at radius 3 is 1.58 bits per heavy atom. The van der Waals surface area contributed by atoms with Gasteiger partial charge in [0.25, 0.3) is 0 Å². The summed E-state index contributed by atoms with van der Waals surface area (Å²) in [6.45, 7) is 3.33. The summed E-state index contributed by atoms with van der Waals surface area (Å²) in [5, 5.41) is 40.0. The van der Waals surface area contributed by atoms with Crippen molar-refractivity contribution in [1.82, 2.24) is 0 Å². The number of esters is 2. The molecule has 10 nitrogen and oxygen atoms in total. The topological polar surface area (TPSA) is 152 Å².